The fourth-order valence-corrected chi connectivity index (χ4v) is 10.5. The summed E-state index contributed by atoms with van der Waals surface area (Å²) < 4.78 is 0. The van der Waals surface area contributed by atoms with E-state index in [4.69, 9.17) is 0 Å². The second-order valence-electron chi connectivity index (χ2n) is 10.7. The molecule has 5 aromatic carbocycles. The Labute approximate surface area is 257 Å². The van der Waals surface area contributed by atoms with Gasteiger partial charge in [-0.2, -0.15) is 6.07 Å². The Morgan fingerprint density at radius 2 is 0.974 bits per heavy atom. The molecule has 0 nitrogen and oxygen atoms in total. The number of fused-ring (bicyclic) bond motifs is 4. The van der Waals surface area contributed by atoms with Crippen LogP contribution in [-0.2, 0) is 21.7 Å². The fraction of sp³-hybridized carbons (Fsp3) is 0.353. The van der Waals surface area contributed by atoms with Gasteiger partial charge >= 0.3 is 21.7 Å². The smallest absolute Gasteiger partial charge is 1.00 e. The number of rotatable bonds is 3. The number of hydrogen-bond donors (Lipinski definition) is 0. The van der Waals surface area contributed by atoms with Crippen LogP contribution in [0.1, 0.15) is 64.2 Å². The van der Waals surface area contributed by atoms with Crippen molar-refractivity contribution < 1.29 is 46.5 Å². The molecule has 0 aromatic heterocycles. The minimum Gasteiger partial charge on any atom is -1.00 e. The van der Waals surface area contributed by atoms with Crippen molar-refractivity contribution in [3.05, 3.63) is 91.0 Å². The molecular weight excluding hydrogens is 558 g/mol. The van der Waals surface area contributed by atoms with E-state index in [0.29, 0.717) is 0 Å². The van der Waals surface area contributed by atoms with Gasteiger partial charge in [0.2, 0.25) is 0 Å². The van der Waals surface area contributed by atoms with E-state index < -0.39 is 0 Å². The molecule has 4 heteroatoms. The van der Waals surface area contributed by atoms with Gasteiger partial charge in [0.15, 0.2) is 0 Å². The van der Waals surface area contributed by atoms with E-state index in [1.807, 2.05) is 0 Å². The Morgan fingerprint density at radius 3 is 1.47 bits per heavy atom. The van der Waals surface area contributed by atoms with Crippen LogP contribution < -0.4 is 30.1 Å². The van der Waals surface area contributed by atoms with Crippen molar-refractivity contribution in [2.24, 2.45) is 0 Å². The van der Waals surface area contributed by atoms with E-state index in [-0.39, 0.29) is 54.5 Å². The molecule has 0 atom stereocenters. The van der Waals surface area contributed by atoms with Gasteiger partial charge in [0.25, 0.3) is 0 Å². The molecule has 7 rings (SSSR count). The summed E-state index contributed by atoms with van der Waals surface area (Å²) in [4.78, 5) is 0. The van der Waals surface area contributed by atoms with E-state index >= 15 is 0 Å². The Bertz CT molecular complexity index is 1290. The predicted molar refractivity (Wildman–Crippen MR) is 157 cm³/mol. The molecule has 0 unspecified atom stereocenters. The van der Waals surface area contributed by atoms with Crippen LogP contribution in [0.3, 0.4) is 0 Å². The Kier molecular flexibility index (Phi) is 12.4. The van der Waals surface area contributed by atoms with Gasteiger partial charge in [-0.15, -0.1) is 80.1 Å². The van der Waals surface area contributed by atoms with Gasteiger partial charge in [0.05, 0.1) is 0 Å². The molecule has 2 aliphatic rings. The van der Waals surface area contributed by atoms with E-state index in [2.05, 4.69) is 91.0 Å². The van der Waals surface area contributed by atoms with Gasteiger partial charge in [-0.05, 0) is 37.0 Å². The fourth-order valence-electron chi connectivity index (χ4n) is 6.63. The van der Waals surface area contributed by atoms with Crippen molar-refractivity contribution in [2.75, 3.05) is 0 Å². The molecular formula is C34H37Cl2PTi. The van der Waals surface area contributed by atoms with Gasteiger partial charge in [0.1, 0.15) is 0 Å². The minimum atomic E-state index is 0. The van der Waals surface area contributed by atoms with Gasteiger partial charge in [-0.1, -0.05) is 88.9 Å². The first kappa shape index (κ1) is 31.4. The molecule has 5 aromatic rings. The Balaban J connectivity index is 0.000000216. The molecule has 2 fully saturated rings. The summed E-state index contributed by atoms with van der Waals surface area (Å²) in [6, 6.07) is 33.3. The van der Waals surface area contributed by atoms with E-state index in [1.165, 1.54) is 96.5 Å². The van der Waals surface area contributed by atoms with E-state index in [1.54, 1.807) is 5.30 Å². The number of halogens is 2. The molecule has 38 heavy (non-hydrogen) atoms. The van der Waals surface area contributed by atoms with Gasteiger partial charge < -0.3 is 24.8 Å². The van der Waals surface area contributed by atoms with E-state index in [0.717, 1.165) is 11.3 Å². The summed E-state index contributed by atoms with van der Waals surface area (Å²) >= 11 is 0. The van der Waals surface area contributed by atoms with Crippen LogP contribution in [0.15, 0.2) is 91.0 Å². The van der Waals surface area contributed by atoms with Crippen LogP contribution in [0.25, 0.3) is 32.3 Å². The maximum absolute atomic E-state index is 2.55. The SMILES string of the molecule is [Cl-].[Cl-].[Ti+4].c1ccc2[cH-]c(P(C3CCCCC3)C3CCCCC3)cc2c1.c1ccc2c(c1)[cH-]c1ccccc12. The normalized spacial score (nSPS) is 16.3. The molecule has 0 bridgehead atoms. The third kappa shape index (κ3) is 6.95. The van der Waals surface area contributed by atoms with Crippen LogP contribution in [0.4, 0.5) is 0 Å². The first-order valence-electron chi connectivity index (χ1n) is 13.8. The zero-order chi connectivity index (χ0) is 23.5. The van der Waals surface area contributed by atoms with Crippen LogP contribution in [-0.4, -0.2) is 11.3 Å². The first-order valence-corrected chi connectivity index (χ1v) is 15.3. The topological polar surface area (TPSA) is 0 Å². The third-order valence-corrected chi connectivity index (χ3v) is 11.8. The summed E-state index contributed by atoms with van der Waals surface area (Å²) in [6.45, 7) is 0. The van der Waals surface area contributed by atoms with E-state index in [9.17, 15) is 0 Å². The molecule has 0 spiro atoms. The Morgan fingerprint density at radius 1 is 0.526 bits per heavy atom. The first-order chi connectivity index (χ1) is 17.4. The molecule has 2 aliphatic carbocycles. The molecule has 0 saturated heterocycles. The third-order valence-electron chi connectivity index (χ3n) is 8.36. The summed E-state index contributed by atoms with van der Waals surface area (Å²) in [5.41, 5.74) is 2.03. The van der Waals surface area contributed by atoms with Crippen LogP contribution >= 0.6 is 7.92 Å². The summed E-state index contributed by atoms with van der Waals surface area (Å²) in [5.74, 6) is 0. The molecule has 0 N–H and O–H groups in total. The number of benzene rings is 3. The quantitative estimate of drug-likeness (QED) is 0.168. The second kappa shape index (κ2) is 15.0. The average molecular weight is 595 g/mol. The van der Waals surface area contributed by atoms with Gasteiger partial charge in [0, 0.05) is 0 Å². The maximum Gasteiger partial charge on any atom is 4.00 e. The standard InChI is InChI=1S/C21H28P.C13H9.2ClH.Ti/c1-3-11-19(12-4-1)22(20-13-5-2-6-14-20)21-15-17-9-7-8-10-18(17)16-21;1-3-7-12-10(5-1)9-11-6-2-4-8-13(11)12;;;/h7-10,15-16,19-20H,1-6,11-14H2;1-9H;2*1H;/q2*-1;;;+4/p-2. The van der Waals surface area contributed by atoms with Crippen molar-refractivity contribution in [2.45, 2.75) is 75.5 Å². The van der Waals surface area contributed by atoms with Gasteiger partial charge in [-0.25, -0.2) is 0 Å². The molecule has 0 radical (unpaired) electrons. The minimum absolute atomic E-state index is 0. The Hall–Kier alpha value is -1.14. The zero-order valence-electron chi connectivity index (χ0n) is 22.1. The summed E-state index contributed by atoms with van der Waals surface area (Å²) in [5, 5.41) is 10.1. The number of hydrogen-bond acceptors (Lipinski definition) is 0. The predicted octanol–water partition coefficient (Wildman–Crippen LogP) is 4.05. The van der Waals surface area contributed by atoms with Crippen LogP contribution in [0.5, 0.6) is 0 Å². The molecule has 0 heterocycles. The molecule has 196 valence electrons. The van der Waals surface area contributed by atoms with Crippen LogP contribution in [0.2, 0.25) is 0 Å². The monoisotopic (exact) mass is 594 g/mol. The maximum atomic E-state index is 2.55. The molecule has 0 amide bonds. The average Bonchev–Trinajstić information content (AvgIpc) is 3.52. The van der Waals surface area contributed by atoms with Crippen molar-refractivity contribution in [3.8, 4) is 0 Å². The largest absolute Gasteiger partial charge is 4.00 e. The molecule has 2 saturated carbocycles. The van der Waals surface area contributed by atoms with Crippen molar-refractivity contribution in [3.63, 3.8) is 0 Å². The zero-order valence-corrected chi connectivity index (χ0v) is 26.1. The van der Waals surface area contributed by atoms with Crippen molar-refractivity contribution >= 4 is 45.5 Å². The second-order valence-corrected chi connectivity index (χ2v) is 13.4. The van der Waals surface area contributed by atoms with Crippen molar-refractivity contribution in [1.29, 1.82) is 0 Å². The summed E-state index contributed by atoms with van der Waals surface area (Å²) in [6.07, 6.45) is 14.9. The summed E-state index contributed by atoms with van der Waals surface area (Å²) in [7, 11) is 0.0611. The van der Waals surface area contributed by atoms with Gasteiger partial charge in [-0.3, -0.25) is 0 Å². The molecule has 0 aliphatic heterocycles. The van der Waals surface area contributed by atoms with Crippen LogP contribution in [0, 0.1) is 0 Å². The van der Waals surface area contributed by atoms with Crippen molar-refractivity contribution in [1.82, 2.24) is 0 Å².